The summed E-state index contributed by atoms with van der Waals surface area (Å²) < 4.78 is 108. The molecule has 15 heteroatoms. The predicted octanol–water partition coefficient (Wildman–Crippen LogP) is 7.72. The topological polar surface area (TPSA) is 100 Å². The van der Waals surface area contributed by atoms with Crippen molar-refractivity contribution in [2.45, 2.75) is 110 Å². The first-order chi connectivity index (χ1) is 23.3. The fourth-order valence-electron chi connectivity index (χ4n) is 7.22. The van der Waals surface area contributed by atoms with Gasteiger partial charge < -0.3 is 23.8 Å². The maximum Gasteiger partial charge on any atom is 0.417 e. The molecule has 2 aromatic rings. The summed E-state index contributed by atoms with van der Waals surface area (Å²) in [5, 5.41) is 0. The number of hydrogen-bond acceptors (Lipinski definition) is 8. The van der Waals surface area contributed by atoms with E-state index in [0.717, 1.165) is 11.0 Å². The molecule has 4 rings (SSSR count). The van der Waals surface area contributed by atoms with Gasteiger partial charge in [0.05, 0.1) is 50.1 Å². The van der Waals surface area contributed by atoms with Gasteiger partial charge in [-0.05, 0) is 57.2 Å². The number of rotatable bonds is 10. The zero-order chi connectivity index (χ0) is 37.2. The second-order valence-electron chi connectivity index (χ2n) is 14.0. The van der Waals surface area contributed by atoms with Crippen molar-refractivity contribution in [3.05, 3.63) is 47.3 Å². The minimum absolute atomic E-state index is 0.0526. The van der Waals surface area contributed by atoms with Gasteiger partial charge in [0, 0.05) is 35.4 Å². The van der Waals surface area contributed by atoms with E-state index in [2.05, 4.69) is 9.97 Å². The molecule has 0 bridgehead atoms. The zero-order valence-corrected chi connectivity index (χ0v) is 29.2. The number of ether oxygens (including phenoxy) is 4. The average molecular weight is 718 g/mol. The Morgan fingerprint density at radius 2 is 1.70 bits per heavy atom. The van der Waals surface area contributed by atoms with Gasteiger partial charge in [0.25, 0.3) is 0 Å². The third kappa shape index (κ3) is 8.46. The quantitative estimate of drug-likeness (QED) is 0.182. The normalized spacial score (nSPS) is 24.7. The summed E-state index contributed by atoms with van der Waals surface area (Å²) in [6.45, 7) is 9.81. The van der Waals surface area contributed by atoms with E-state index >= 15 is 0 Å². The SMILES string of the molecule is CCOC(=O)[C@@H]1[C@@H](C(C)(C)C)[C@H](OCc2cc(C(F)(F)F)cnc2OC)[C@H](c2cccnc2OC(C)C)N1C(=O)[C@@H]1CCCC[C@H]1C(F)(F)F. The Morgan fingerprint density at radius 3 is 2.28 bits per heavy atom. The molecule has 0 spiro atoms. The fraction of sp³-hybridized carbons (Fsp3) is 0.657. The van der Waals surface area contributed by atoms with E-state index in [1.54, 1.807) is 53.7 Å². The van der Waals surface area contributed by atoms with Crippen molar-refractivity contribution >= 4 is 11.9 Å². The van der Waals surface area contributed by atoms with Gasteiger partial charge in [0.1, 0.15) is 6.04 Å². The number of alkyl halides is 6. The molecule has 1 aliphatic heterocycles. The second kappa shape index (κ2) is 15.3. The van der Waals surface area contributed by atoms with Crippen LogP contribution >= 0.6 is 0 Å². The number of pyridine rings is 2. The van der Waals surface area contributed by atoms with Crippen molar-refractivity contribution in [3.63, 3.8) is 0 Å². The van der Waals surface area contributed by atoms with Crippen LogP contribution in [0.5, 0.6) is 11.8 Å². The van der Waals surface area contributed by atoms with Gasteiger partial charge in [-0.15, -0.1) is 0 Å². The summed E-state index contributed by atoms with van der Waals surface area (Å²) in [5.41, 5.74) is -1.73. The van der Waals surface area contributed by atoms with E-state index in [4.69, 9.17) is 18.9 Å². The van der Waals surface area contributed by atoms with Gasteiger partial charge in [-0.3, -0.25) is 4.79 Å². The minimum Gasteiger partial charge on any atom is -0.481 e. The minimum atomic E-state index is -4.73. The molecule has 1 amide bonds. The highest BCUT2D eigenvalue weighted by molar-refractivity contribution is 5.88. The monoisotopic (exact) mass is 717 g/mol. The highest BCUT2D eigenvalue weighted by Crippen LogP contribution is 2.53. The first kappa shape index (κ1) is 39.2. The standard InChI is InChI=1S/C35H45F6N3O6/c1-8-48-32(46)27-25(33(4,5)6)28(49-18-20-16-21(34(36,37)38)17-43-29(20)47-7)26(23-13-11-15-42-30(23)50-19(2)3)44(27)31(45)22-12-9-10-14-24(22)35(39,40)41/h11,13,15-17,19,22,24-28H,8-10,12,14,18H2,1-7H3/t22-,24-,25-,26+,27+,28+/m1/s1. The molecule has 2 aromatic heterocycles. The van der Waals surface area contributed by atoms with E-state index < -0.39 is 83.9 Å². The lowest BCUT2D eigenvalue weighted by molar-refractivity contribution is -0.202. The Labute approximate surface area is 288 Å². The summed E-state index contributed by atoms with van der Waals surface area (Å²) in [6.07, 6.45) is -8.57. The number of likely N-dealkylation sites (tertiary alicyclic amines) is 1. The Bertz CT molecular complexity index is 1490. The maximum atomic E-state index is 14.8. The van der Waals surface area contributed by atoms with Crippen LogP contribution in [0, 0.1) is 23.2 Å². The van der Waals surface area contributed by atoms with Gasteiger partial charge >= 0.3 is 18.3 Å². The van der Waals surface area contributed by atoms with Gasteiger partial charge in [0.15, 0.2) is 0 Å². The molecule has 2 fully saturated rings. The fourth-order valence-corrected chi connectivity index (χ4v) is 7.22. The summed E-state index contributed by atoms with van der Waals surface area (Å²) in [5.74, 6) is -6.19. The number of halogens is 6. The molecule has 1 aliphatic carbocycles. The lowest BCUT2D eigenvalue weighted by Crippen LogP contribution is -2.52. The third-order valence-corrected chi connectivity index (χ3v) is 9.23. The zero-order valence-electron chi connectivity index (χ0n) is 29.2. The molecule has 0 unspecified atom stereocenters. The molecule has 9 nitrogen and oxygen atoms in total. The summed E-state index contributed by atoms with van der Waals surface area (Å²) in [7, 11) is 1.24. The number of aromatic nitrogens is 2. The lowest BCUT2D eigenvalue weighted by atomic mass is 9.73. The summed E-state index contributed by atoms with van der Waals surface area (Å²) in [4.78, 5) is 38.1. The van der Waals surface area contributed by atoms with Crippen LogP contribution in [0.4, 0.5) is 26.3 Å². The number of amides is 1. The molecule has 50 heavy (non-hydrogen) atoms. The van der Waals surface area contributed by atoms with Crippen LogP contribution in [0.25, 0.3) is 0 Å². The van der Waals surface area contributed by atoms with E-state index in [1.807, 2.05) is 0 Å². The van der Waals surface area contributed by atoms with Crippen molar-refractivity contribution in [2.24, 2.45) is 23.2 Å². The highest BCUT2D eigenvalue weighted by atomic mass is 19.4. The first-order valence-electron chi connectivity index (χ1n) is 16.7. The van der Waals surface area contributed by atoms with Gasteiger partial charge in [0.2, 0.25) is 17.7 Å². The van der Waals surface area contributed by atoms with Crippen LogP contribution in [-0.4, -0.2) is 64.9 Å². The number of carbonyl (C=O) groups is 2. The highest BCUT2D eigenvalue weighted by Gasteiger charge is 2.62. The van der Waals surface area contributed by atoms with Gasteiger partial charge in [-0.2, -0.15) is 26.3 Å². The van der Waals surface area contributed by atoms with Crippen molar-refractivity contribution in [2.75, 3.05) is 13.7 Å². The Hall–Kier alpha value is -3.62. The molecule has 1 saturated heterocycles. The first-order valence-corrected chi connectivity index (χ1v) is 16.7. The molecule has 3 heterocycles. The van der Waals surface area contributed by atoms with Crippen molar-refractivity contribution in [1.29, 1.82) is 0 Å². The number of methoxy groups -OCH3 is 1. The van der Waals surface area contributed by atoms with Crippen molar-refractivity contribution in [1.82, 2.24) is 14.9 Å². The third-order valence-electron chi connectivity index (χ3n) is 9.23. The van der Waals surface area contributed by atoms with Crippen LogP contribution in [0.15, 0.2) is 30.6 Å². The van der Waals surface area contributed by atoms with E-state index in [-0.39, 0.29) is 48.8 Å². The van der Waals surface area contributed by atoms with E-state index in [0.29, 0.717) is 12.6 Å². The molecular weight excluding hydrogens is 672 g/mol. The van der Waals surface area contributed by atoms with Gasteiger partial charge in [-0.25, -0.2) is 14.8 Å². The molecule has 1 saturated carbocycles. The lowest BCUT2D eigenvalue weighted by Gasteiger charge is -2.39. The Morgan fingerprint density at radius 1 is 1.02 bits per heavy atom. The molecule has 6 atom stereocenters. The summed E-state index contributed by atoms with van der Waals surface area (Å²) >= 11 is 0. The van der Waals surface area contributed by atoms with E-state index in [9.17, 15) is 35.9 Å². The largest absolute Gasteiger partial charge is 0.481 e. The predicted molar refractivity (Wildman–Crippen MR) is 169 cm³/mol. The number of nitrogens with zero attached hydrogens (tertiary/aromatic N) is 3. The van der Waals surface area contributed by atoms with E-state index in [1.165, 1.54) is 13.3 Å². The van der Waals surface area contributed by atoms with Crippen molar-refractivity contribution in [3.8, 4) is 11.8 Å². The van der Waals surface area contributed by atoms with Crippen LogP contribution in [0.1, 0.15) is 90.0 Å². The molecule has 0 aromatic carbocycles. The van der Waals surface area contributed by atoms with Crippen molar-refractivity contribution < 1.29 is 54.9 Å². The average Bonchev–Trinajstić information content (AvgIpc) is 3.38. The van der Waals surface area contributed by atoms with Crippen LogP contribution in [0.3, 0.4) is 0 Å². The molecule has 0 radical (unpaired) electrons. The molecule has 0 N–H and O–H groups in total. The second-order valence-corrected chi connectivity index (χ2v) is 14.0. The van der Waals surface area contributed by atoms with Crippen LogP contribution < -0.4 is 9.47 Å². The number of carbonyl (C=O) groups excluding carboxylic acids is 2. The summed E-state index contributed by atoms with van der Waals surface area (Å²) in [6, 6.07) is 1.30. The molecule has 278 valence electrons. The molecular formula is C35H45F6N3O6. The Kier molecular flexibility index (Phi) is 12.0. The Balaban J connectivity index is 1.97. The van der Waals surface area contributed by atoms with Gasteiger partial charge in [-0.1, -0.05) is 33.6 Å². The molecule has 2 aliphatic rings. The van der Waals surface area contributed by atoms with Crippen LogP contribution in [0.2, 0.25) is 0 Å². The number of hydrogen-bond donors (Lipinski definition) is 0. The van der Waals surface area contributed by atoms with Crippen LogP contribution in [-0.2, 0) is 31.8 Å². The smallest absolute Gasteiger partial charge is 0.417 e. The maximum absolute atomic E-state index is 14.8. The number of esters is 1.